The highest BCUT2D eigenvalue weighted by molar-refractivity contribution is 5.89. The minimum atomic E-state index is -0.328. The minimum absolute atomic E-state index is 0.328. The summed E-state index contributed by atoms with van der Waals surface area (Å²) < 4.78 is 10.5. The van der Waals surface area contributed by atoms with E-state index in [4.69, 9.17) is 4.42 Å². The molecule has 0 saturated carbocycles. The zero-order valence-electron chi connectivity index (χ0n) is 11.9. The Kier molecular flexibility index (Phi) is 4.96. The number of methoxy groups -OCH3 is 1. The van der Waals surface area contributed by atoms with E-state index in [1.807, 2.05) is 24.3 Å². The fraction of sp³-hybridized carbons (Fsp3) is 0.312. The van der Waals surface area contributed by atoms with Crippen LogP contribution in [0.1, 0.15) is 29.5 Å². The third-order valence-corrected chi connectivity index (χ3v) is 3.09. The molecular weight excluding hydrogens is 254 g/mol. The van der Waals surface area contributed by atoms with E-state index in [0.29, 0.717) is 5.56 Å². The molecule has 2 rings (SSSR count). The zero-order chi connectivity index (χ0) is 14.4. The van der Waals surface area contributed by atoms with Crippen LogP contribution < -0.4 is 5.32 Å². The summed E-state index contributed by atoms with van der Waals surface area (Å²) in [6.45, 7) is 4.12. The van der Waals surface area contributed by atoms with Crippen molar-refractivity contribution >= 4 is 5.97 Å². The number of hydrogen-bond donors (Lipinski definition) is 1. The molecule has 4 heteroatoms. The molecule has 0 unspecified atom stereocenters. The van der Waals surface area contributed by atoms with Crippen LogP contribution in [0.5, 0.6) is 0 Å². The number of carbonyl (C=O) groups is 1. The lowest BCUT2D eigenvalue weighted by molar-refractivity contribution is -0.672. The Morgan fingerprint density at radius 2 is 1.95 bits per heavy atom. The summed E-state index contributed by atoms with van der Waals surface area (Å²) in [6.07, 6.45) is 1.16. The second-order valence-electron chi connectivity index (χ2n) is 4.62. The Balaban J connectivity index is 2.06. The molecule has 0 aliphatic rings. The van der Waals surface area contributed by atoms with Crippen LogP contribution in [-0.4, -0.2) is 19.6 Å². The van der Waals surface area contributed by atoms with Crippen molar-refractivity contribution in [3.8, 4) is 11.3 Å². The molecule has 0 amide bonds. The van der Waals surface area contributed by atoms with Crippen molar-refractivity contribution in [1.29, 1.82) is 0 Å². The molecule has 0 atom stereocenters. The maximum Gasteiger partial charge on any atom is 0.337 e. The van der Waals surface area contributed by atoms with Crippen LogP contribution in [0.15, 0.2) is 40.8 Å². The molecule has 1 heterocycles. The zero-order valence-corrected chi connectivity index (χ0v) is 11.9. The van der Waals surface area contributed by atoms with Crippen molar-refractivity contribution in [3.63, 3.8) is 0 Å². The van der Waals surface area contributed by atoms with E-state index in [0.717, 1.165) is 36.6 Å². The van der Waals surface area contributed by atoms with Crippen molar-refractivity contribution in [2.45, 2.75) is 19.9 Å². The number of rotatable bonds is 6. The Bertz CT molecular complexity index is 557. The highest BCUT2D eigenvalue weighted by Gasteiger charge is 2.08. The van der Waals surface area contributed by atoms with E-state index in [1.54, 1.807) is 12.1 Å². The van der Waals surface area contributed by atoms with Crippen LogP contribution >= 0.6 is 0 Å². The molecule has 106 valence electrons. The van der Waals surface area contributed by atoms with E-state index in [-0.39, 0.29) is 5.97 Å². The Labute approximate surface area is 118 Å². The Morgan fingerprint density at radius 3 is 2.60 bits per heavy atom. The monoisotopic (exact) mass is 274 g/mol. The Morgan fingerprint density at radius 1 is 1.20 bits per heavy atom. The Hall–Kier alpha value is -2.07. The van der Waals surface area contributed by atoms with Crippen LogP contribution in [-0.2, 0) is 11.3 Å². The summed E-state index contributed by atoms with van der Waals surface area (Å²) in [4.78, 5) is 11.4. The van der Waals surface area contributed by atoms with Gasteiger partial charge in [-0.1, -0.05) is 19.1 Å². The van der Waals surface area contributed by atoms with Crippen LogP contribution in [0.25, 0.3) is 11.3 Å². The van der Waals surface area contributed by atoms with Crippen LogP contribution in [0, 0.1) is 0 Å². The fourth-order valence-corrected chi connectivity index (χ4v) is 1.98. The lowest BCUT2D eigenvalue weighted by atomic mass is 10.1. The average Bonchev–Trinajstić information content (AvgIpc) is 2.96. The average molecular weight is 274 g/mol. The molecular formula is C16H20NO3+. The lowest BCUT2D eigenvalue weighted by Crippen LogP contribution is -2.82. The van der Waals surface area contributed by atoms with Gasteiger partial charge in [-0.15, -0.1) is 0 Å². The van der Waals surface area contributed by atoms with Crippen molar-refractivity contribution < 1.29 is 19.3 Å². The van der Waals surface area contributed by atoms with Gasteiger partial charge in [0.15, 0.2) is 5.76 Å². The summed E-state index contributed by atoms with van der Waals surface area (Å²) in [6, 6.07) is 11.2. The quantitative estimate of drug-likeness (QED) is 0.649. The van der Waals surface area contributed by atoms with E-state index in [2.05, 4.69) is 17.0 Å². The summed E-state index contributed by atoms with van der Waals surface area (Å²) in [5, 5.41) is 2.23. The maximum atomic E-state index is 11.4. The number of nitrogens with two attached hydrogens (primary N) is 1. The number of quaternary nitrogens is 1. The summed E-state index contributed by atoms with van der Waals surface area (Å²) in [5.41, 5.74) is 1.50. The third-order valence-electron chi connectivity index (χ3n) is 3.09. The van der Waals surface area contributed by atoms with Gasteiger partial charge in [0.25, 0.3) is 0 Å². The van der Waals surface area contributed by atoms with Crippen LogP contribution in [0.4, 0.5) is 0 Å². The van der Waals surface area contributed by atoms with Crippen LogP contribution in [0.2, 0.25) is 0 Å². The van der Waals surface area contributed by atoms with Gasteiger partial charge in [-0.3, -0.25) is 0 Å². The molecule has 4 nitrogen and oxygen atoms in total. The maximum absolute atomic E-state index is 11.4. The topological polar surface area (TPSA) is 56.0 Å². The number of esters is 1. The first-order chi connectivity index (χ1) is 9.74. The van der Waals surface area contributed by atoms with E-state index < -0.39 is 0 Å². The van der Waals surface area contributed by atoms with E-state index in [9.17, 15) is 4.79 Å². The summed E-state index contributed by atoms with van der Waals surface area (Å²) in [5.74, 6) is 1.46. The third kappa shape index (κ3) is 3.48. The van der Waals surface area contributed by atoms with Gasteiger partial charge in [0, 0.05) is 5.56 Å². The normalized spacial score (nSPS) is 10.5. The number of carbonyl (C=O) groups excluding carboxylic acids is 1. The molecule has 0 saturated heterocycles. The lowest BCUT2D eigenvalue weighted by Gasteiger charge is -2.01. The number of ether oxygens (including phenoxy) is 1. The first-order valence-electron chi connectivity index (χ1n) is 6.83. The van der Waals surface area contributed by atoms with Gasteiger partial charge in [0.1, 0.15) is 12.3 Å². The van der Waals surface area contributed by atoms with Crippen molar-refractivity contribution in [2.24, 2.45) is 0 Å². The van der Waals surface area contributed by atoms with Crippen molar-refractivity contribution in [1.82, 2.24) is 0 Å². The van der Waals surface area contributed by atoms with E-state index >= 15 is 0 Å². The predicted molar refractivity (Wildman–Crippen MR) is 76.3 cm³/mol. The van der Waals surface area contributed by atoms with Crippen LogP contribution in [0.3, 0.4) is 0 Å². The molecule has 0 fully saturated rings. The van der Waals surface area contributed by atoms with Crippen molar-refractivity contribution in [3.05, 3.63) is 47.7 Å². The molecule has 2 aromatic rings. The smallest absolute Gasteiger partial charge is 0.337 e. The fourth-order valence-electron chi connectivity index (χ4n) is 1.98. The molecule has 1 aromatic heterocycles. The first kappa shape index (κ1) is 14.3. The number of benzene rings is 1. The van der Waals surface area contributed by atoms with Gasteiger partial charge in [-0.25, -0.2) is 4.79 Å². The number of hydrogen-bond acceptors (Lipinski definition) is 3. The SMILES string of the molecule is CCC[NH2+]Cc1ccc(-c2ccc(C(=O)OC)cc2)o1. The summed E-state index contributed by atoms with van der Waals surface area (Å²) >= 11 is 0. The molecule has 2 N–H and O–H groups in total. The molecule has 0 aliphatic carbocycles. The molecule has 0 aliphatic heterocycles. The molecule has 0 spiro atoms. The number of furan rings is 1. The van der Waals surface area contributed by atoms with Gasteiger partial charge in [-0.05, 0) is 30.7 Å². The highest BCUT2D eigenvalue weighted by Crippen LogP contribution is 2.22. The highest BCUT2D eigenvalue weighted by atomic mass is 16.5. The van der Waals surface area contributed by atoms with E-state index in [1.165, 1.54) is 7.11 Å². The minimum Gasteiger partial charge on any atom is -0.465 e. The van der Waals surface area contributed by atoms with Gasteiger partial charge < -0.3 is 14.5 Å². The largest absolute Gasteiger partial charge is 0.465 e. The molecule has 0 radical (unpaired) electrons. The van der Waals surface area contributed by atoms with Gasteiger partial charge in [0.2, 0.25) is 0 Å². The second kappa shape index (κ2) is 6.91. The van der Waals surface area contributed by atoms with Gasteiger partial charge >= 0.3 is 5.97 Å². The first-order valence-corrected chi connectivity index (χ1v) is 6.83. The molecule has 20 heavy (non-hydrogen) atoms. The summed E-state index contributed by atoms with van der Waals surface area (Å²) in [7, 11) is 1.38. The standard InChI is InChI=1S/C16H19NO3/c1-3-10-17-11-14-8-9-15(20-14)12-4-6-13(7-5-12)16(18)19-2/h4-9,17H,3,10-11H2,1-2H3/p+1. The molecule has 1 aromatic carbocycles. The van der Waals surface area contributed by atoms with Crippen molar-refractivity contribution in [2.75, 3.05) is 13.7 Å². The predicted octanol–water partition coefficient (Wildman–Crippen LogP) is 2.21. The molecule has 0 bridgehead atoms. The second-order valence-corrected chi connectivity index (χ2v) is 4.62. The van der Waals surface area contributed by atoms with Gasteiger partial charge in [-0.2, -0.15) is 0 Å². The van der Waals surface area contributed by atoms with Gasteiger partial charge in [0.05, 0.1) is 19.2 Å².